The summed E-state index contributed by atoms with van der Waals surface area (Å²) in [6.45, 7) is 8.55. The maximum atomic E-state index is 12.8. The molecule has 180 valence electrons. The first-order valence-electron chi connectivity index (χ1n) is 11.9. The lowest BCUT2D eigenvalue weighted by molar-refractivity contribution is 0.102. The molecule has 1 atom stereocenters. The van der Waals surface area contributed by atoms with Crippen molar-refractivity contribution >= 4 is 34.4 Å². The van der Waals surface area contributed by atoms with Gasteiger partial charge in [0.1, 0.15) is 17.2 Å². The van der Waals surface area contributed by atoms with Crippen LogP contribution in [0.25, 0.3) is 11.2 Å². The minimum atomic E-state index is -0.190. The lowest BCUT2D eigenvalue weighted by Crippen LogP contribution is -2.43. The number of hydrogen-bond acceptors (Lipinski definition) is 8. The molecule has 0 aliphatic carbocycles. The number of piperazine rings is 1. The highest BCUT2D eigenvalue weighted by Crippen LogP contribution is 2.22. The van der Waals surface area contributed by atoms with E-state index in [0.717, 1.165) is 55.3 Å². The first kappa shape index (κ1) is 22.7. The summed E-state index contributed by atoms with van der Waals surface area (Å²) < 4.78 is 1.82. The topological polar surface area (TPSA) is 113 Å². The molecular formula is C25H29N9O. The van der Waals surface area contributed by atoms with Crippen LogP contribution in [0.5, 0.6) is 0 Å². The summed E-state index contributed by atoms with van der Waals surface area (Å²) in [6.07, 6.45) is 5.23. The second-order valence-electron chi connectivity index (χ2n) is 8.54. The molecule has 1 aliphatic rings. The molecule has 10 nitrogen and oxygen atoms in total. The number of rotatable bonds is 7. The van der Waals surface area contributed by atoms with Crippen LogP contribution in [0.3, 0.4) is 0 Å². The SMILES string of the molecule is CCn1cc2ncc(N[C@@H](C)c3cccc(NC(=O)c4ccc(N5CCNCC5)nc4)c3)nc2n1. The number of pyridine rings is 1. The number of hydrogen-bond donors (Lipinski definition) is 3. The highest BCUT2D eigenvalue weighted by atomic mass is 16.1. The molecule has 3 aromatic heterocycles. The molecule has 0 saturated carbocycles. The Balaban J connectivity index is 1.24. The molecule has 10 heteroatoms. The fraction of sp³-hybridized carbons (Fsp3) is 0.320. The zero-order chi connectivity index (χ0) is 24.2. The summed E-state index contributed by atoms with van der Waals surface area (Å²) in [6, 6.07) is 11.4. The van der Waals surface area contributed by atoms with Gasteiger partial charge >= 0.3 is 0 Å². The molecule has 1 aliphatic heterocycles. The van der Waals surface area contributed by atoms with E-state index in [1.54, 1.807) is 12.4 Å². The van der Waals surface area contributed by atoms with Crippen molar-refractivity contribution in [1.82, 2.24) is 30.0 Å². The maximum Gasteiger partial charge on any atom is 0.257 e. The van der Waals surface area contributed by atoms with Gasteiger partial charge in [0.25, 0.3) is 5.91 Å². The number of carbonyl (C=O) groups excluding carboxylic acids is 1. The normalized spacial score (nSPS) is 14.6. The number of benzene rings is 1. The van der Waals surface area contributed by atoms with Gasteiger partial charge in [-0.1, -0.05) is 12.1 Å². The third-order valence-electron chi connectivity index (χ3n) is 6.06. The third kappa shape index (κ3) is 5.22. The minimum Gasteiger partial charge on any atom is -0.362 e. The van der Waals surface area contributed by atoms with Crippen molar-refractivity contribution in [2.45, 2.75) is 26.4 Å². The van der Waals surface area contributed by atoms with E-state index >= 15 is 0 Å². The Kier molecular flexibility index (Phi) is 6.53. The molecule has 4 heterocycles. The molecule has 0 radical (unpaired) electrons. The zero-order valence-electron chi connectivity index (χ0n) is 19.9. The van der Waals surface area contributed by atoms with Gasteiger partial charge in [-0.15, -0.1) is 0 Å². The van der Waals surface area contributed by atoms with Gasteiger partial charge in [0.2, 0.25) is 5.65 Å². The van der Waals surface area contributed by atoms with Crippen molar-refractivity contribution in [3.05, 3.63) is 66.1 Å². The second kappa shape index (κ2) is 10.1. The van der Waals surface area contributed by atoms with E-state index in [1.165, 1.54) is 0 Å². The molecule has 4 aromatic rings. The van der Waals surface area contributed by atoms with Crippen LogP contribution in [0.4, 0.5) is 17.3 Å². The highest BCUT2D eigenvalue weighted by Gasteiger charge is 2.14. The molecule has 0 unspecified atom stereocenters. The van der Waals surface area contributed by atoms with E-state index in [2.05, 4.69) is 40.9 Å². The number of anilines is 3. The molecule has 35 heavy (non-hydrogen) atoms. The Labute approximate surface area is 203 Å². The number of nitrogens with zero attached hydrogens (tertiary/aromatic N) is 6. The first-order chi connectivity index (χ1) is 17.1. The average molecular weight is 472 g/mol. The molecule has 3 N–H and O–H groups in total. The van der Waals surface area contributed by atoms with Crippen LogP contribution in [0.15, 0.2) is 55.0 Å². The number of aryl methyl sites for hydroxylation is 1. The Morgan fingerprint density at radius 1 is 1.14 bits per heavy atom. The fourth-order valence-electron chi connectivity index (χ4n) is 4.07. The number of fused-ring (bicyclic) bond motifs is 1. The Bertz CT molecular complexity index is 1310. The van der Waals surface area contributed by atoms with Crippen molar-refractivity contribution in [2.75, 3.05) is 41.7 Å². The van der Waals surface area contributed by atoms with Gasteiger partial charge in [0.05, 0.1) is 24.0 Å². The van der Waals surface area contributed by atoms with Crippen molar-refractivity contribution in [3.8, 4) is 0 Å². The van der Waals surface area contributed by atoms with E-state index in [4.69, 9.17) is 0 Å². The minimum absolute atomic E-state index is 0.0492. The molecule has 1 saturated heterocycles. The largest absolute Gasteiger partial charge is 0.362 e. The lowest BCUT2D eigenvalue weighted by atomic mass is 10.1. The molecule has 1 amide bonds. The van der Waals surface area contributed by atoms with Gasteiger partial charge < -0.3 is 20.9 Å². The first-order valence-corrected chi connectivity index (χ1v) is 11.9. The van der Waals surface area contributed by atoms with Crippen LogP contribution < -0.4 is 20.9 Å². The van der Waals surface area contributed by atoms with Crippen LogP contribution >= 0.6 is 0 Å². The lowest BCUT2D eigenvalue weighted by Gasteiger charge is -2.28. The highest BCUT2D eigenvalue weighted by molar-refractivity contribution is 6.04. The van der Waals surface area contributed by atoms with Gasteiger partial charge in [-0.3, -0.25) is 9.48 Å². The van der Waals surface area contributed by atoms with Crippen LogP contribution in [0.1, 0.15) is 35.8 Å². The van der Waals surface area contributed by atoms with Crippen LogP contribution in [0, 0.1) is 0 Å². The molecule has 5 rings (SSSR count). The number of aromatic nitrogens is 5. The van der Waals surface area contributed by atoms with E-state index in [-0.39, 0.29) is 11.9 Å². The van der Waals surface area contributed by atoms with Gasteiger partial charge in [-0.05, 0) is 43.7 Å². The van der Waals surface area contributed by atoms with E-state index in [1.807, 2.05) is 61.1 Å². The summed E-state index contributed by atoms with van der Waals surface area (Å²) in [5, 5.41) is 14.1. The Morgan fingerprint density at radius 2 is 2.00 bits per heavy atom. The average Bonchev–Trinajstić information content (AvgIpc) is 3.32. The Hall–Kier alpha value is -4.05. The monoisotopic (exact) mass is 471 g/mol. The van der Waals surface area contributed by atoms with Crippen molar-refractivity contribution in [2.24, 2.45) is 0 Å². The van der Waals surface area contributed by atoms with Crippen molar-refractivity contribution in [1.29, 1.82) is 0 Å². The van der Waals surface area contributed by atoms with Crippen LogP contribution in [0.2, 0.25) is 0 Å². The summed E-state index contributed by atoms with van der Waals surface area (Å²) in [7, 11) is 0. The van der Waals surface area contributed by atoms with Gasteiger partial charge in [-0.2, -0.15) is 5.10 Å². The number of amides is 1. The Morgan fingerprint density at radius 3 is 2.77 bits per heavy atom. The smallest absolute Gasteiger partial charge is 0.257 e. The molecule has 0 bridgehead atoms. The predicted octanol–water partition coefficient (Wildman–Crippen LogP) is 3.08. The van der Waals surface area contributed by atoms with Gasteiger partial charge in [0.15, 0.2) is 0 Å². The van der Waals surface area contributed by atoms with Gasteiger partial charge in [-0.25, -0.2) is 15.0 Å². The summed E-state index contributed by atoms with van der Waals surface area (Å²) in [5.74, 6) is 1.36. The molecule has 1 fully saturated rings. The van der Waals surface area contributed by atoms with Gasteiger partial charge in [0, 0.05) is 44.6 Å². The number of nitrogens with one attached hydrogen (secondary N) is 3. The van der Waals surface area contributed by atoms with Crippen LogP contribution in [-0.2, 0) is 6.54 Å². The summed E-state index contributed by atoms with van der Waals surface area (Å²) in [4.78, 5) is 28.5. The van der Waals surface area contributed by atoms with Crippen molar-refractivity contribution < 1.29 is 4.79 Å². The number of carbonyl (C=O) groups is 1. The zero-order valence-corrected chi connectivity index (χ0v) is 19.9. The summed E-state index contributed by atoms with van der Waals surface area (Å²) in [5.41, 5.74) is 3.63. The summed E-state index contributed by atoms with van der Waals surface area (Å²) >= 11 is 0. The fourth-order valence-corrected chi connectivity index (χ4v) is 4.07. The molecule has 0 spiro atoms. The quantitative estimate of drug-likeness (QED) is 0.377. The van der Waals surface area contributed by atoms with E-state index in [9.17, 15) is 4.79 Å². The predicted molar refractivity (Wildman–Crippen MR) is 137 cm³/mol. The van der Waals surface area contributed by atoms with E-state index < -0.39 is 0 Å². The van der Waals surface area contributed by atoms with Crippen LogP contribution in [-0.4, -0.2) is 56.8 Å². The standard InChI is InChI=1S/C25H29N9O/c1-3-34-16-21-24(32-34)31-22(15-27-21)29-17(2)18-5-4-6-20(13-18)30-25(35)19-7-8-23(28-14-19)33-11-9-26-10-12-33/h4-8,13-17,26H,3,9-12H2,1-2H3,(H,30,35)(H,29,31,32)/t17-/m0/s1. The third-order valence-corrected chi connectivity index (χ3v) is 6.06. The molecular weight excluding hydrogens is 442 g/mol. The second-order valence-corrected chi connectivity index (χ2v) is 8.54. The van der Waals surface area contributed by atoms with E-state index in [0.29, 0.717) is 17.0 Å². The molecule has 1 aromatic carbocycles. The van der Waals surface area contributed by atoms with Crippen molar-refractivity contribution in [3.63, 3.8) is 0 Å². The maximum absolute atomic E-state index is 12.8.